The Morgan fingerprint density at radius 1 is 1.22 bits per heavy atom. The summed E-state index contributed by atoms with van der Waals surface area (Å²) in [6, 6.07) is 4.76. The van der Waals surface area contributed by atoms with E-state index >= 15 is 0 Å². The molecule has 0 saturated heterocycles. The molecule has 0 unspecified atom stereocenters. The lowest BCUT2D eigenvalue weighted by Crippen LogP contribution is -2.49. The van der Waals surface area contributed by atoms with Crippen molar-refractivity contribution in [1.29, 1.82) is 0 Å². The first-order valence-electron chi connectivity index (χ1n) is 8.78. The Balaban J connectivity index is 2.08. The number of carbonyl (C=O) groups is 2. The predicted molar refractivity (Wildman–Crippen MR) is 100 cm³/mol. The zero-order valence-corrected chi connectivity index (χ0v) is 15.8. The maximum atomic E-state index is 12.7. The first kappa shape index (κ1) is 20.3. The number of urea groups is 1. The minimum atomic E-state index is -1.11. The summed E-state index contributed by atoms with van der Waals surface area (Å²) in [7, 11) is 1.80. The summed E-state index contributed by atoms with van der Waals surface area (Å²) in [4.78, 5) is 25.9. The van der Waals surface area contributed by atoms with E-state index < -0.39 is 18.0 Å². The average molecular weight is 374 g/mol. The van der Waals surface area contributed by atoms with Crippen LogP contribution in [0.2, 0.25) is 0 Å². The van der Waals surface area contributed by atoms with Gasteiger partial charge in [-0.3, -0.25) is 4.68 Å². The molecular weight excluding hydrogens is 348 g/mol. The molecule has 0 aliphatic rings. The molecule has 3 N–H and O–H groups in total. The van der Waals surface area contributed by atoms with Crippen molar-refractivity contribution in [2.75, 3.05) is 6.54 Å². The highest BCUT2D eigenvalue weighted by Gasteiger charge is 2.24. The van der Waals surface area contributed by atoms with E-state index in [4.69, 9.17) is 0 Å². The molecule has 2 amide bonds. The molecule has 1 aromatic carbocycles. The van der Waals surface area contributed by atoms with Crippen molar-refractivity contribution < 1.29 is 19.8 Å². The summed E-state index contributed by atoms with van der Waals surface area (Å²) in [5.74, 6) is -0.774. The van der Waals surface area contributed by atoms with Gasteiger partial charge in [0.1, 0.15) is 11.8 Å². The molecule has 2 aromatic rings. The highest BCUT2D eigenvalue weighted by Crippen LogP contribution is 2.12. The molecule has 0 aliphatic heterocycles. The number of carboxylic acids is 1. The normalized spacial score (nSPS) is 12.0. The van der Waals surface area contributed by atoms with Gasteiger partial charge in [0.05, 0.1) is 12.7 Å². The Labute approximate surface area is 158 Å². The van der Waals surface area contributed by atoms with Crippen LogP contribution in [0.1, 0.15) is 25.0 Å². The van der Waals surface area contributed by atoms with Gasteiger partial charge in [0.15, 0.2) is 0 Å². The number of aromatic hydroxyl groups is 1. The molecule has 146 valence electrons. The van der Waals surface area contributed by atoms with Crippen LogP contribution in [0.3, 0.4) is 0 Å². The number of carboxylic acid groups (broad SMARTS) is 1. The third-order valence-corrected chi connectivity index (χ3v) is 3.98. The van der Waals surface area contributed by atoms with Gasteiger partial charge in [0.25, 0.3) is 0 Å². The topological polar surface area (TPSA) is 108 Å². The smallest absolute Gasteiger partial charge is 0.326 e. The zero-order chi connectivity index (χ0) is 20.0. The van der Waals surface area contributed by atoms with Crippen molar-refractivity contribution in [2.45, 2.75) is 32.9 Å². The standard InChI is InChI=1S/C19H26N4O4/c1-13(2)10-23(12-15-9-20-22(3)11-15)19(27)21-17(18(25)26)8-14-4-6-16(24)7-5-14/h4-7,9,11,13,17,24H,8,10,12H2,1-3H3,(H,21,27)(H,25,26)/t17-/m0/s1. The van der Waals surface area contributed by atoms with E-state index in [9.17, 15) is 19.8 Å². The second-order valence-corrected chi connectivity index (χ2v) is 7.01. The monoisotopic (exact) mass is 374 g/mol. The quantitative estimate of drug-likeness (QED) is 0.655. The molecule has 8 nitrogen and oxygen atoms in total. The van der Waals surface area contributed by atoms with E-state index in [0.29, 0.717) is 18.7 Å². The van der Waals surface area contributed by atoms with Crippen molar-refractivity contribution in [3.05, 3.63) is 47.8 Å². The summed E-state index contributed by atoms with van der Waals surface area (Å²) in [5, 5.41) is 25.6. The summed E-state index contributed by atoms with van der Waals surface area (Å²) in [6.07, 6.45) is 3.64. The number of aryl methyl sites for hydroxylation is 1. The van der Waals surface area contributed by atoms with E-state index in [2.05, 4.69) is 10.4 Å². The summed E-state index contributed by atoms with van der Waals surface area (Å²) < 4.78 is 1.66. The summed E-state index contributed by atoms with van der Waals surface area (Å²) in [5.41, 5.74) is 1.59. The van der Waals surface area contributed by atoms with Crippen molar-refractivity contribution in [3.63, 3.8) is 0 Å². The molecule has 0 saturated carbocycles. The third-order valence-electron chi connectivity index (χ3n) is 3.98. The van der Waals surface area contributed by atoms with E-state index in [-0.39, 0.29) is 18.1 Å². The Hall–Kier alpha value is -3.03. The van der Waals surface area contributed by atoms with Gasteiger partial charge in [-0.15, -0.1) is 0 Å². The maximum Gasteiger partial charge on any atom is 0.326 e. The first-order valence-corrected chi connectivity index (χ1v) is 8.78. The number of hydrogen-bond donors (Lipinski definition) is 3. The number of rotatable bonds is 8. The molecule has 1 atom stereocenters. The van der Waals surface area contributed by atoms with Gasteiger partial charge in [-0.1, -0.05) is 26.0 Å². The number of aromatic nitrogens is 2. The third kappa shape index (κ3) is 6.32. The number of carbonyl (C=O) groups excluding carboxylic acids is 1. The van der Waals surface area contributed by atoms with Crippen LogP contribution in [0.5, 0.6) is 5.75 Å². The van der Waals surface area contributed by atoms with Gasteiger partial charge in [-0.25, -0.2) is 9.59 Å². The number of nitrogens with zero attached hydrogens (tertiary/aromatic N) is 3. The van der Waals surface area contributed by atoms with Crippen LogP contribution in [0, 0.1) is 5.92 Å². The second kappa shape index (κ2) is 9.07. The van der Waals surface area contributed by atoms with Gasteiger partial charge in [0, 0.05) is 31.8 Å². The lowest BCUT2D eigenvalue weighted by Gasteiger charge is -2.26. The molecular formula is C19H26N4O4. The van der Waals surface area contributed by atoms with Crippen molar-refractivity contribution in [1.82, 2.24) is 20.0 Å². The molecule has 0 aliphatic carbocycles. The van der Waals surface area contributed by atoms with Gasteiger partial charge in [0.2, 0.25) is 0 Å². The van der Waals surface area contributed by atoms with Crippen LogP contribution in [-0.2, 0) is 24.8 Å². The average Bonchev–Trinajstić information content (AvgIpc) is 3.00. The lowest BCUT2D eigenvalue weighted by atomic mass is 10.1. The molecule has 0 fully saturated rings. The lowest BCUT2D eigenvalue weighted by molar-refractivity contribution is -0.139. The SMILES string of the molecule is CC(C)CN(Cc1cnn(C)c1)C(=O)N[C@@H](Cc1ccc(O)cc1)C(=O)O. The van der Waals surface area contributed by atoms with E-state index in [1.54, 1.807) is 35.0 Å². The van der Waals surface area contributed by atoms with Crippen molar-refractivity contribution >= 4 is 12.0 Å². The number of aliphatic carboxylic acids is 1. The zero-order valence-electron chi connectivity index (χ0n) is 15.8. The number of nitrogens with one attached hydrogen (secondary N) is 1. The number of phenols is 1. The Morgan fingerprint density at radius 2 is 1.89 bits per heavy atom. The largest absolute Gasteiger partial charge is 0.508 e. The van der Waals surface area contributed by atoms with Crippen molar-refractivity contribution in [2.24, 2.45) is 13.0 Å². The van der Waals surface area contributed by atoms with Gasteiger partial charge in [-0.05, 0) is 23.6 Å². The molecule has 0 bridgehead atoms. The Kier molecular flexibility index (Phi) is 6.81. The Morgan fingerprint density at radius 3 is 2.41 bits per heavy atom. The van der Waals surface area contributed by atoms with Crippen molar-refractivity contribution in [3.8, 4) is 5.75 Å². The molecule has 2 rings (SSSR count). The minimum Gasteiger partial charge on any atom is -0.508 e. The van der Waals surface area contributed by atoms with E-state index in [0.717, 1.165) is 5.56 Å². The fraction of sp³-hybridized carbons (Fsp3) is 0.421. The number of benzene rings is 1. The summed E-state index contributed by atoms with van der Waals surface area (Å²) >= 11 is 0. The van der Waals surface area contributed by atoms with E-state index in [1.165, 1.54) is 12.1 Å². The maximum absolute atomic E-state index is 12.7. The van der Waals surface area contributed by atoms with Crippen LogP contribution < -0.4 is 5.32 Å². The van der Waals surface area contributed by atoms with Crippen LogP contribution in [0.15, 0.2) is 36.7 Å². The molecule has 0 radical (unpaired) electrons. The van der Waals surface area contributed by atoms with Crippen LogP contribution >= 0.6 is 0 Å². The van der Waals surface area contributed by atoms with Gasteiger partial charge >= 0.3 is 12.0 Å². The molecule has 27 heavy (non-hydrogen) atoms. The van der Waals surface area contributed by atoms with E-state index in [1.807, 2.05) is 20.0 Å². The summed E-state index contributed by atoms with van der Waals surface area (Å²) in [6.45, 7) is 4.83. The molecule has 8 heteroatoms. The second-order valence-electron chi connectivity index (χ2n) is 7.01. The van der Waals surface area contributed by atoms with Gasteiger partial charge in [-0.2, -0.15) is 5.10 Å². The highest BCUT2D eigenvalue weighted by molar-refractivity contribution is 5.82. The highest BCUT2D eigenvalue weighted by atomic mass is 16.4. The number of amides is 2. The fourth-order valence-electron chi connectivity index (χ4n) is 2.74. The fourth-order valence-corrected chi connectivity index (χ4v) is 2.74. The first-order chi connectivity index (χ1) is 12.7. The van der Waals surface area contributed by atoms with Gasteiger partial charge < -0.3 is 20.4 Å². The Bertz CT molecular complexity index is 770. The van der Waals surface area contributed by atoms with Crippen LogP contribution in [0.25, 0.3) is 0 Å². The molecule has 1 aromatic heterocycles. The molecule has 0 spiro atoms. The van der Waals surface area contributed by atoms with Crippen LogP contribution in [0.4, 0.5) is 4.79 Å². The molecule has 1 heterocycles. The number of phenolic OH excluding ortho intramolecular Hbond substituents is 1. The minimum absolute atomic E-state index is 0.106. The number of hydrogen-bond acceptors (Lipinski definition) is 4. The predicted octanol–water partition coefficient (Wildman–Crippen LogP) is 1.99. The van der Waals surface area contributed by atoms with Crippen LogP contribution in [-0.4, -0.2) is 49.5 Å².